The van der Waals surface area contributed by atoms with Crippen LogP contribution in [0.4, 0.5) is 4.79 Å². The lowest BCUT2D eigenvalue weighted by Gasteiger charge is -2.14. The number of hydrogen-bond donors (Lipinski definition) is 2. The Hall–Kier alpha value is -0.770. The van der Waals surface area contributed by atoms with E-state index in [0.717, 1.165) is 36.7 Å². The van der Waals surface area contributed by atoms with Gasteiger partial charge in [-0.05, 0) is 49.4 Å². The number of urea groups is 1. The first kappa shape index (κ1) is 10.2. The largest absolute Gasteiger partial charge is 0.379 e. The summed E-state index contributed by atoms with van der Waals surface area (Å²) in [5.74, 6) is 3.48. The van der Waals surface area contributed by atoms with Gasteiger partial charge in [0, 0.05) is 12.6 Å². The molecule has 0 spiro atoms. The van der Waals surface area contributed by atoms with Crippen molar-refractivity contribution in [2.75, 3.05) is 13.2 Å². The van der Waals surface area contributed by atoms with Crippen molar-refractivity contribution in [3.63, 3.8) is 0 Å². The van der Waals surface area contributed by atoms with Gasteiger partial charge in [-0.15, -0.1) is 0 Å². The van der Waals surface area contributed by atoms with Gasteiger partial charge in [-0.2, -0.15) is 0 Å². The lowest BCUT2D eigenvalue weighted by atomic mass is 10.0. The van der Waals surface area contributed by atoms with Gasteiger partial charge in [-0.25, -0.2) is 4.79 Å². The summed E-state index contributed by atoms with van der Waals surface area (Å²) in [5.41, 5.74) is 0. The molecule has 5 unspecified atom stereocenters. The zero-order chi connectivity index (χ0) is 11.4. The number of fused-ring (bicyclic) bond motifs is 5. The zero-order valence-corrected chi connectivity index (χ0v) is 10.0. The van der Waals surface area contributed by atoms with Gasteiger partial charge in [0.1, 0.15) is 0 Å². The minimum atomic E-state index is 0.0271. The SMILES string of the molecule is O=C(NC1CCOC1)NC1C2C3CCC(C3)C12. The molecule has 2 bridgehead atoms. The summed E-state index contributed by atoms with van der Waals surface area (Å²) in [6.07, 6.45) is 5.20. The molecular formula is C13H20N2O2. The molecule has 17 heavy (non-hydrogen) atoms. The minimum absolute atomic E-state index is 0.0271. The fourth-order valence-electron chi connectivity index (χ4n) is 4.55. The maximum atomic E-state index is 11.8. The van der Waals surface area contributed by atoms with Crippen molar-refractivity contribution in [1.29, 1.82) is 0 Å². The molecule has 2 amide bonds. The van der Waals surface area contributed by atoms with Crippen molar-refractivity contribution >= 4 is 6.03 Å². The van der Waals surface area contributed by atoms with E-state index in [9.17, 15) is 4.79 Å². The number of carbonyl (C=O) groups excluding carboxylic acids is 1. The van der Waals surface area contributed by atoms with Crippen LogP contribution in [0.2, 0.25) is 0 Å². The molecule has 4 rings (SSSR count). The molecule has 4 heteroatoms. The Morgan fingerprint density at radius 3 is 2.47 bits per heavy atom. The van der Waals surface area contributed by atoms with E-state index in [0.29, 0.717) is 12.6 Å². The minimum Gasteiger partial charge on any atom is -0.379 e. The molecule has 5 atom stereocenters. The van der Waals surface area contributed by atoms with Crippen molar-refractivity contribution in [2.24, 2.45) is 23.7 Å². The van der Waals surface area contributed by atoms with E-state index >= 15 is 0 Å². The highest BCUT2D eigenvalue weighted by atomic mass is 16.5. The molecule has 0 aromatic rings. The Bertz CT molecular complexity index is 324. The smallest absolute Gasteiger partial charge is 0.315 e. The van der Waals surface area contributed by atoms with E-state index < -0.39 is 0 Å². The van der Waals surface area contributed by atoms with Gasteiger partial charge in [-0.3, -0.25) is 0 Å². The van der Waals surface area contributed by atoms with Gasteiger partial charge in [0.25, 0.3) is 0 Å². The lowest BCUT2D eigenvalue weighted by Crippen LogP contribution is -2.44. The summed E-state index contributed by atoms with van der Waals surface area (Å²) in [7, 11) is 0. The predicted octanol–water partition coefficient (Wildman–Crippen LogP) is 1.12. The number of amides is 2. The monoisotopic (exact) mass is 236 g/mol. The van der Waals surface area contributed by atoms with E-state index in [1.54, 1.807) is 0 Å². The number of nitrogens with one attached hydrogen (secondary N) is 2. The van der Waals surface area contributed by atoms with Crippen LogP contribution in [-0.4, -0.2) is 31.3 Å². The fourth-order valence-corrected chi connectivity index (χ4v) is 4.55. The molecular weight excluding hydrogens is 216 g/mol. The van der Waals surface area contributed by atoms with Gasteiger partial charge >= 0.3 is 6.03 Å². The number of rotatable bonds is 2. The van der Waals surface area contributed by atoms with Crippen LogP contribution < -0.4 is 10.6 Å². The average molecular weight is 236 g/mol. The van der Waals surface area contributed by atoms with Crippen LogP contribution in [0.15, 0.2) is 0 Å². The topological polar surface area (TPSA) is 50.4 Å². The van der Waals surface area contributed by atoms with Crippen LogP contribution in [-0.2, 0) is 4.74 Å². The number of hydrogen-bond acceptors (Lipinski definition) is 2. The van der Waals surface area contributed by atoms with Crippen molar-refractivity contribution in [3.8, 4) is 0 Å². The molecule has 0 radical (unpaired) electrons. The Morgan fingerprint density at radius 2 is 1.82 bits per heavy atom. The van der Waals surface area contributed by atoms with Crippen LogP contribution in [0.1, 0.15) is 25.7 Å². The molecule has 4 fully saturated rings. The first-order valence-corrected chi connectivity index (χ1v) is 6.97. The van der Waals surface area contributed by atoms with Crippen LogP contribution in [0.5, 0.6) is 0 Å². The zero-order valence-electron chi connectivity index (χ0n) is 10.0. The summed E-state index contributed by atoms with van der Waals surface area (Å²) < 4.78 is 5.25. The van der Waals surface area contributed by atoms with Crippen LogP contribution >= 0.6 is 0 Å². The van der Waals surface area contributed by atoms with Gasteiger partial charge in [0.15, 0.2) is 0 Å². The number of ether oxygens (including phenoxy) is 1. The normalized spacial score (nSPS) is 50.1. The highest BCUT2D eigenvalue weighted by molar-refractivity contribution is 5.75. The summed E-state index contributed by atoms with van der Waals surface area (Å²) in [6, 6.07) is 0.744. The summed E-state index contributed by atoms with van der Waals surface area (Å²) in [6.45, 7) is 1.46. The second kappa shape index (κ2) is 3.61. The molecule has 1 saturated heterocycles. The second-order valence-electron chi connectivity index (χ2n) is 6.19. The van der Waals surface area contributed by atoms with Crippen molar-refractivity contribution < 1.29 is 9.53 Å². The van der Waals surface area contributed by atoms with Gasteiger partial charge < -0.3 is 15.4 Å². The maximum Gasteiger partial charge on any atom is 0.315 e. The average Bonchev–Trinajstić information content (AvgIpc) is 2.80. The first-order valence-electron chi connectivity index (χ1n) is 6.97. The Kier molecular flexibility index (Phi) is 2.16. The van der Waals surface area contributed by atoms with Gasteiger partial charge in [-0.1, -0.05) is 0 Å². The Morgan fingerprint density at radius 1 is 1.06 bits per heavy atom. The third-order valence-electron chi connectivity index (χ3n) is 5.30. The molecule has 1 aliphatic heterocycles. The highest BCUT2D eigenvalue weighted by Gasteiger charge is 2.65. The van der Waals surface area contributed by atoms with E-state index in [1.807, 2.05) is 0 Å². The third kappa shape index (κ3) is 1.57. The Balaban J connectivity index is 1.30. The van der Waals surface area contributed by atoms with E-state index in [-0.39, 0.29) is 12.1 Å². The second-order valence-corrected chi connectivity index (χ2v) is 6.19. The molecule has 4 nitrogen and oxygen atoms in total. The predicted molar refractivity (Wildman–Crippen MR) is 62.5 cm³/mol. The van der Waals surface area contributed by atoms with Crippen molar-refractivity contribution in [3.05, 3.63) is 0 Å². The van der Waals surface area contributed by atoms with Crippen LogP contribution in [0.3, 0.4) is 0 Å². The first-order chi connectivity index (χ1) is 8.33. The van der Waals surface area contributed by atoms with Crippen LogP contribution in [0, 0.1) is 23.7 Å². The lowest BCUT2D eigenvalue weighted by molar-refractivity contribution is 0.188. The van der Waals surface area contributed by atoms with E-state index in [4.69, 9.17) is 4.74 Å². The van der Waals surface area contributed by atoms with E-state index in [1.165, 1.54) is 19.3 Å². The summed E-state index contributed by atoms with van der Waals surface area (Å²) in [4.78, 5) is 11.8. The molecule has 4 aliphatic rings. The van der Waals surface area contributed by atoms with Gasteiger partial charge in [0.05, 0.1) is 12.6 Å². The molecule has 2 N–H and O–H groups in total. The molecule has 3 aliphatic carbocycles. The number of carbonyl (C=O) groups is 1. The molecule has 94 valence electrons. The fraction of sp³-hybridized carbons (Fsp3) is 0.923. The molecule has 3 saturated carbocycles. The quantitative estimate of drug-likeness (QED) is 0.755. The third-order valence-corrected chi connectivity index (χ3v) is 5.30. The maximum absolute atomic E-state index is 11.8. The van der Waals surface area contributed by atoms with Crippen molar-refractivity contribution in [2.45, 2.75) is 37.8 Å². The summed E-state index contributed by atoms with van der Waals surface area (Å²) in [5, 5.41) is 6.19. The standard InChI is InChI=1S/C13H20N2O2/c16-13(14-9-3-4-17-6-9)15-12-10-7-1-2-8(5-7)11(10)12/h7-12H,1-6H2,(H2,14,15,16). The van der Waals surface area contributed by atoms with E-state index in [2.05, 4.69) is 10.6 Å². The Labute approximate surface area is 101 Å². The molecule has 0 aromatic carbocycles. The highest BCUT2D eigenvalue weighted by Crippen LogP contribution is 2.65. The van der Waals surface area contributed by atoms with Crippen molar-refractivity contribution in [1.82, 2.24) is 10.6 Å². The molecule has 1 heterocycles. The van der Waals surface area contributed by atoms with Crippen LogP contribution in [0.25, 0.3) is 0 Å². The molecule has 0 aromatic heterocycles. The summed E-state index contributed by atoms with van der Waals surface area (Å²) >= 11 is 0. The van der Waals surface area contributed by atoms with Gasteiger partial charge in [0.2, 0.25) is 0 Å².